The molecule has 0 aromatic heterocycles. The third kappa shape index (κ3) is 4.42. The maximum Gasteiger partial charge on any atom is 0.506 e. The molecule has 0 amide bonds. The summed E-state index contributed by atoms with van der Waals surface area (Å²) in [6.07, 6.45) is 2.25. The van der Waals surface area contributed by atoms with Crippen molar-refractivity contribution in [1.29, 1.82) is 0 Å². The predicted octanol–water partition coefficient (Wildman–Crippen LogP) is 2.74. The van der Waals surface area contributed by atoms with Gasteiger partial charge in [-0.1, -0.05) is 18.2 Å². The van der Waals surface area contributed by atoms with E-state index in [0.29, 0.717) is 18.2 Å². The number of aromatic hydroxyl groups is 1. The van der Waals surface area contributed by atoms with Crippen LogP contribution in [0.3, 0.4) is 0 Å². The molecule has 0 saturated heterocycles. The first-order valence-corrected chi connectivity index (χ1v) is 7.02. The van der Waals surface area contributed by atoms with Crippen LogP contribution in [0.4, 0.5) is 4.79 Å². The Labute approximate surface area is 118 Å². The summed E-state index contributed by atoms with van der Waals surface area (Å²) >= 11 is 0. The normalized spacial score (nSPS) is 22.4. The van der Waals surface area contributed by atoms with Gasteiger partial charge in [-0.05, 0) is 44.2 Å². The van der Waals surface area contributed by atoms with Crippen molar-refractivity contribution in [2.45, 2.75) is 38.3 Å². The molecule has 0 heterocycles. The predicted molar refractivity (Wildman–Crippen MR) is 74.7 cm³/mol. The van der Waals surface area contributed by atoms with Gasteiger partial charge in [-0.3, -0.25) is 0 Å². The first-order valence-electron chi connectivity index (χ1n) is 7.02. The monoisotopic (exact) mass is 279 g/mol. The third-order valence-electron chi connectivity index (χ3n) is 3.80. The molecule has 0 radical (unpaired) electrons. The number of rotatable bonds is 5. The van der Waals surface area contributed by atoms with Gasteiger partial charge in [0.15, 0.2) is 0 Å². The number of nitrogens with one attached hydrogen (secondary N) is 1. The van der Waals surface area contributed by atoms with E-state index in [0.717, 1.165) is 37.8 Å². The molecule has 110 valence electrons. The molecular formula is C15H21NO4. The van der Waals surface area contributed by atoms with Crippen molar-refractivity contribution >= 4 is 6.16 Å². The van der Waals surface area contributed by atoms with E-state index < -0.39 is 6.16 Å². The summed E-state index contributed by atoms with van der Waals surface area (Å²) in [6.45, 7) is 1.53. The Morgan fingerprint density at radius 1 is 1.25 bits per heavy atom. The molecule has 20 heavy (non-hydrogen) atoms. The zero-order chi connectivity index (χ0) is 14.4. The fourth-order valence-corrected chi connectivity index (χ4v) is 2.67. The van der Waals surface area contributed by atoms with E-state index in [1.807, 2.05) is 18.2 Å². The van der Waals surface area contributed by atoms with E-state index in [1.54, 1.807) is 6.07 Å². The lowest BCUT2D eigenvalue weighted by molar-refractivity contribution is 0.0284. The van der Waals surface area contributed by atoms with Crippen molar-refractivity contribution in [1.82, 2.24) is 5.32 Å². The quantitative estimate of drug-likeness (QED) is 0.722. The minimum Gasteiger partial charge on any atom is -0.508 e. The molecule has 1 aliphatic rings. The van der Waals surface area contributed by atoms with Crippen molar-refractivity contribution in [3.8, 4) is 5.75 Å². The molecule has 1 aliphatic carbocycles. The number of benzene rings is 1. The molecule has 1 aromatic rings. The average Bonchev–Trinajstić information content (AvgIpc) is 2.42. The van der Waals surface area contributed by atoms with Crippen LogP contribution in [0.15, 0.2) is 24.3 Å². The van der Waals surface area contributed by atoms with Crippen LogP contribution >= 0.6 is 0 Å². The summed E-state index contributed by atoms with van der Waals surface area (Å²) in [5, 5.41) is 21.6. The number of carboxylic acid groups (broad SMARTS) is 1. The van der Waals surface area contributed by atoms with Gasteiger partial charge in [0.25, 0.3) is 0 Å². The number of hydrogen-bond acceptors (Lipinski definition) is 4. The standard InChI is InChI=1S/C15H21NO4/c17-14-4-2-1-3-12(14)10-16-9-11-5-7-13(8-6-11)20-15(18)19/h1-4,11,13,16-17H,5-10H2,(H,18,19). The Morgan fingerprint density at radius 3 is 2.60 bits per heavy atom. The van der Waals surface area contributed by atoms with E-state index in [-0.39, 0.29) is 6.10 Å². The Morgan fingerprint density at radius 2 is 1.95 bits per heavy atom. The molecule has 0 aliphatic heterocycles. The lowest BCUT2D eigenvalue weighted by Gasteiger charge is -2.27. The Hall–Kier alpha value is -1.75. The van der Waals surface area contributed by atoms with E-state index in [1.165, 1.54) is 0 Å². The second-order valence-corrected chi connectivity index (χ2v) is 5.29. The first kappa shape index (κ1) is 14.7. The number of carbonyl (C=O) groups is 1. The summed E-state index contributed by atoms with van der Waals surface area (Å²) < 4.78 is 4.79. The van der Waals surface area contributed by atoms with Crippen molar-refractivity contribution < 1.29 is 19.7 Å². The first-order chi connectivity index (χ1) is 9.65. The SMILES string of the molecule is O=C(O)OC1CCC(CNCc2ccccc2O)CC1. The van der Waals surface area contributed by atoms with E-state index in [2.05, 4.69) is 5.32 Å². The molecule has 0 atom stereocenters. The Balaban J connectivity index is 1.66. The van der Waals surface area contributed by atoms with Gasteiger partial charge in [0.05, 0.1) is 0 Å². The molecule has 2 rings (SSSR count). The second-order valence-electron chi connectivity index (χ2n) is 5.29. The molecule has 1 aromatic carbocycles. The summed E-state index contributed by atoms with van der Waals surface area (Å²) in [7, 11) is 0. The highest BCUT2D eigenvalue weighted by Gasteiger charge is 2.23. The van der Waals surface area contributed by atoms with Crippen LogP contribution in [-0.2, 0) is 11.3 Å². The molecular weight excluding hydrogens is 258 g/mol. The highest BCUT2D eigenvalue weighted by atomic mass is 16.7. The molecule has 0 unspecified atom stereocenters. The van der Waals surface area contributed by atoms with Gasteiger partial charge in [-0.15, -0.1) is 0 Å². The molecule has 1 fully saturated rings. The lowest BCUT2D eigenvalue weighted by Crippen LogP contribution is -2.29. The van der Waals surface area contributed by atoms with E-state index >= 15 is 0 Å². The highest BCUT2D eigenvalue weighted by Crippen LogP contribution is 2.26. The van der Waals surface area contributed by atoms with Gasteiger partial charge in [0.2, 0.25) is 0 Å². The molecule has 5 heteroatoms. The third-order valence-corrected chi connectivity index (χ3v) is 3.80. The number of phenolic OH excluding ortho intramolecular Hbond substituents is 1. The topological polar surface area (TPSA) is 78.8 Å². The fourth-order valence-electron chi connectivity index (χ4n) is 2.67. The summed E-state index contributed by atoms with van der Waals surface area (Å²) in [4.78, 5) is 10.5. The largest absolute Gasteiger partial charge is 0.508 e. The van der Waals surface area contributed by atoms with Crippen LogP contribution in [0.2, 0.25) is 0 Å². The number of phenols is 1. The van der Waals surface area contributed by atoms with Gasteiger partial charge in [-0.25, -0.2) is 4.79 Å². The number of hydrogen-bond donors (Lipinski definition) is 3. The summed E-state index contributed by atoms with van der Waals surface area (Å²) in [5.74, 6) is 0.869. The molecule has 3 N–H and O–H groups in total. The Bertz CT molecular complexity index is 441. The lowest BCUT2D eigenvalue weighted by atomic mass is 9.87. The molecule has 5 nitrogen and oxygen atoms in total. The highest BCUT2D eigenvalue weighted by molar-refractivity contribution is 5.57. The van der Waals surface area contributed by atoms with Crippen molar-refractivity contribution in [3.63, 3.8) is 0 Å². The van der Waals surface area contributed by atoms with E-state index in [4.69, 9.17) is 9.84 Å². The minimum atomic E-state index is -1.17. The van der Waals surface area contributed by atoms with Gasteiger partial charge in [0, 0.05) is 12.1 Å². The second kappa shape index (κ2) is 7.14. The van der Waals surface area contributed by atoms with Crippen molar-refractivity contribution in [2.24, 2.45) is 5.92 Å². The van der Waals surface area contributed by atoms with Crippen LogP contribution in [0, 0.1) is 5.92 Å². The summed E-state index contributed by atoms with van der Waals surface area (Å²) in [6, 6.07) is 7.30. The maximum atomic E-state index is 10.5. The minimum absolute atomic E-state index is 0.137. The fraction of sp³-hybridized carbons (Fsp3) is 0.533. The molecule has 0 spiro atoms. The molecule has 0 bridgehead atoms. The van der Waals surface area contributed by atoms with Crippen molar-refractivity contribution in [2.75, 3.05) is 6.54 Å². The van der Waals surface area contributed by atoms with E-state index in [9.17, 15) is 9.90 Å². The number of para-hydroxylation sites is 1. The van der Waals surface area contributed by atoms with Gasteiger partial charge < -0.3 is 20.3 Å². The van der Waals surface area contributed by atoms with Crippen LogP contribution in [0.5, 0.6) is 5.75 Å². The van der Waals surface area contributed by atoms with Gasteiger partial charge in [-0.2, -0.15) is 0 Å². The summed E-state index contributed by atoms with van der Waals surface area (Å²) in [5.41, 5.74) is 0.899. The van der Waals surface area contributed by atoms with Crippen LogP contribution in [-0.4, -0.2) is 29.0 Å². The van der Waals surface area contributed by atoms with Gasteiger partial charge >= 0.3 is 6.16 Å². The van der Waals surface area contributed by atoms with Crippen LogP contribution in [0.25, 0.3) is 0 Å². The smallest absolute Gasteiger partial charge is 0.506 e. The van der Waals surface area contributed by atoms with Crippen LogP contribution in [0.1, 0.15) is 31.2 Å². The Kier molecular flexibility index (Phi) is 5.24. The van der Waals surface area contributed by atoms with Crippen molar-refractivity contribution in [3.05, 3.63) is 29.8 Å². The van der Waals surface area contributed by atoms with Gasteiger partial charge in [0.1, 0.15) is 11.9 Å². The molecule has 1 saturated carbocycles. The van der Waals surface area contributed by atoms with Crippen LogP contribution < -0.4 is 5.32 Å². The maximum absolute atomic E-state index is 10.5. The zero-order valence-electron chi connectivity index (χ0n) is 11.4. The number of ether oxygens (including phenoxy) is 1. The average molecular weight is 279 g/mol. The zero-order valence-corrected chi connectivity index (χ0v) is 11.4.